The molecular weight excluding hydrogens is 278 g/mol. The van der Waals surface area contributed by atoms with E-state index in [1.807, 2.05) is 11.3 Å². The van der Waals surface area contributed by atoms with Crippen LogP contribution < -0.4 is 10.1 Å². The second-order valence-corrected chi connectivity index (χ2v) is 6.84. The van der Waals surface area contributed by atoms with Crippen LogP contribution >= 0.6 is 11.3 Å². The topological polar surface area (TPSA) is 21.3 Å². The summed E-state index contributed by atoms with van der Waals surface area (Å²) in [5, 5.41) is 3.44. The summed E-state index contributed by atoms with van der Waals surface area (Å²) in [5.41, 5.74) is 1.38. The molecule has 1 aromatic heterocycles. The molecule has 0 aliphatic carbocycles. The summed E-state index contributed by atoms with van der Waals surface area (Å²) in [6.45, 7) is 8.13. The first kappa shape index (κ1) is 16.1. The minimum absolute atomic E-state index is 0.522. The molecule has 21 heavy (non-hydrogen) atoms. The van der Waals surface area contributed by atoms with Gasteiger partial charge in [0.1, 0.15) is 12.4 Å². The smallest absolute Gasteiger partial charge is 0.122 e. The molecule has 2 aromatic rings. The number of hydrogen-bond donors (Lipinski definition) is 1. The summed E-state index contributed by atoms with van der Waals surface area (Å²) in [5.74, 6) is 0.949. The molecule has 1 N–H and O–H groups in total. The Bertz CT molecular complexity index is 530. The zero-order chi connectivity index (χ0) is 15.1. The van der Waals surface area contributed by atoms with Gasteiger partial charge in [-0.05, 0) is 36.2 Å². The predicted molar refractivity (Wildman–Crippen MR) is 91.1 cm³/mol. The van der Waals surface area contributed by atoms with Crippen molar-refractivity contribution in [3.05, 3.63) is 51.7 Å². The Morgan fingerprint density at radius 1 is 1.05 bits per heavy atom. The summed E-state index contributed by atoms with van der Waals surface area (Å²) >= 11 is 1.82. The maximum absolute atomic E-state index is 5.85. The quantitative estimate of drug-likeness (QED) is 0.758. The molecule has 0 aliphatic rings. The monoisotopic (exact) mass is 303 g/mol. The van der Waals surface area contributed by atoms with E-state index < -0.39 is 0 Å². The van der Waals surface area contributed by atoms with Gasteiger partial charge in [-0.2, -0.15) is 0 Å². The Balaban J connectivity index is 1.82. The first-order valence-electron chi connectivity index (χ1n) is 7.70. The standard InChI is InChI=1S/C18H25NOS/c1-4-5-15-6-8-16(9-7-15)20-13-18-11-10-17(21-18)12-19-14(2)3/h6-11,14,19H,4-5,12-13H2,1-3H3. The fourth-order valence-electron chi connectivity index (χ4n) is 2.10. The molecule has 0 amide bonds. The lowest BCUT2D eigenvalue weighted by Crippen LogP contribution is -2.21. The first-order valence-corrected chi connectivity index (χ1v) is 8.51. The molecule has 0 saturated heterocycles. The average molecular weight is 303 g/mol. The van der Waals surface area contributed by atoms with E-state index in [9.17, 15) is 0 Å². The first-order chi connectivity index (χ1) is 10.2. The lowest BCUT2D eigenvalue weighted by molar-refractivity contribution is 0.309. The fourth-order valence-corrected chi connectivity index (χ4v) is 2.98. The van der Waals surface area contributed by atoms with Crippen molar-refractivity contribution in [2.45, 2.75) is 52.8 Å². The van der Waals surface area contributed by atoms with Gasteiger partial charge in [0.15, 0.2) is 0 Å². The molecule has 0 fully saturated rings. The number of aryl methyl sites for hydroxylation is 1. The normalized spacial score (nSPS) is 11.0. The maximum Gasteiger partial charge on any atom is 0.122 e. The van der Waals surface area contributed by atoms with Crippen LogP contribution in [0.1, 0.15) is 42.5 Å². The van der Waals surface area contributed by atoms with Gasteiger partial charge in [0.05, 0.1) is 0 Å². The third-order valence-corrected chi connectivity index (χ3v) is 4.30. The number of ether oxygens (including phenoxy) is 1. The summed E-state index contributed by atoms with van der Waals surface area (Å²) in [7, 11) is 0. The Morgan fingerprint density at radius 2 is 1.76 bits per heavy atom. The van der Waals surface area contributed by atoms with Gasteiger partial charge in [-0.15, -0.1) is 11.3 Å². The van der Waals surface area contributed by atoms with Crippen molar-refractivity contribution in [3.63, 3.8) is 0 Å². The van der Waals surface area contributed by atoms with Gasteiger partial charge in [-0.1, -0.05) is 39.3 Å². The van der Waals surface area contributed by atoms with Gasteiger partial charge in [-0.25, -0.2) is 0 Å². The van der Waals surface area contributed by atoms with Gasteiger partial charge >= 0.3 is 0 Å². The summed E-state index contributed by atoms with van der Waals surface area (Å²) in [6, 6.07) is 13.3. The number of nitrogens with one attached hydrogen (secondary N) is 1. The molecule has 0 aliphatic heterocycles. The molecule has 0 atom stereocenters. The van der Waals surface area contributed by atoms with E-state index in [4.69, 9.17) is 4.74 Å². The van der Waals surface area contributed by atoms with Gasteiger partial charge < -0.3 is 10.1 Å². The van der Waals surface area contributed by atoms with E-state index in [1.165, 1.54) is 21.7 Å². The van der Waals surface area contributed by atoms with Crippen LogP contribution in [0.5, 0.6) is 5.75 Å². The fraction of sp³-hybridized carbons (Fsp3) is 0.444. The van der Waals surface area contributed by atoms with Crippen molar-refractivity contribution >= 4 is 11.3 Å². The number of rotatable bonds is 8. The van der Waals surface area contributed by atoms with Crippen molar-refractivity contribution in [1.82, 2.24) is 5.32 Å². The van der Waals surface area contributed by atoms with Crippen LogP contribution in [-0.4, -0.2) is 6.04 Å². The third kappa shape index (κ3) is 5.52. The van der Waals surface area contributed by atoms with Crippen LogP contribution in [0, 0.1) is 0 Å². The van der Waals surface area contributed by atoms with Gasteiger partial charge in [0, 0.05) is 22.3 Å². The molecule has 114 valence electrons. The highest BCUT2D eigenvalue weighted by Crippen LogP contribution is 2.20. The zero-order valence-electron chi connectivity index (χ0n) is 13.2. The minimum Gasteiger partial charge on any atom is -0.488 e. The molecule has 2 nitrogen and oxygen atoms in total. The second kappa shape index (κ2) is 8.20. The lowest BCUT2D eigenvalue weighted by Gasteiger charge is -2.06. The molecule has 0 unspecified atom stereocenters. The predicted octanol–water partition coefficient (Wildman–Crippen LogP) is 4.78. The van der Waals surface area contributed by atoms with E-state index in [2.05, 4.69) is 62.5 Å². The van der Waals surface area contributed by atoms with E-state index in [1.54, 1.807) is 0 Å². The van der Waals surface area contributed by atoms with Gasteiger partial charge in [0.25, 0.3) is 0 Å². The largest absolute Gasteiger partial charge is 0.488 e. The van der Waals surface area contributed by atoms with Crippen LogP contribution in [0.2, 0.25) is 0 Å². The highest BCUT2D eigenvalue weighted by atomic mass is 32.1. The maximum atomic E-state index is 5.85. The van der Waals surface area contributed by atoms with E-state index in [0.29, 0.717) is 12.6 Å². The van der Waals surface area contributed by atoms with Gasteiger partial charge in [-0.3, -0.25) is 0 Å². The molecular formula is C18H25NOS. The highest BCUT2D eigenvalue weighted by Gasteiger charge is 2.02. The Morgan fingerprint density at radius 3 is 2.43 bits per heavy atom. The molecule has 0 radical (unpaired) electrons. The highest BCUT2D eigenvalue weighted by molar-refractivity contribution is 7.11. The van der Waals surface area contributed by atoms with Gasteiger partial charge in [0.2, 0.25) is 0 Å². The van der Waals surface area contributed by atoms with Crippen LogP contribution in [0.4, 0.5) is 0 Å². The van der Waals surface area contributed by atoms with Crippen molar-refractivity contribution in [3.8, 4) is 5.75 Å². The third-order valence-electron chi connectivity index (χ3n) is 3.24. The Labute approximate surface area is 132 Å². The molecule has 0 bridgehead atoms. The SMILES string of the molecule is CCCc1ccc(OCc2ccc(CNC(C)C)s2)cc1. The van der Waals surface area contributed by atoms with E-state index >= 15 is 0 Å². The molecule has 2 rings (SSSR count). The van der Waals surface area contributed by atoms with Crippen LogP contribution in [0.25, 0.3) is 0 Å². The minimum atomic E-state index is 0.522. The Kier molecular flexibility index (Phi) is 6.27. The van der Waals surface area contributed by atoms with E-state index in [-0.39, 0.29) is 0 Å². The molecule has 0 saturated carbocycles. The van der Waals surface area contributed by atoms with Crippen LogP contribution in [0.15, 0.2) is 36.4 Å². The molecule has 0 spiro atoms. The van der Waals surface area contributed by atoms with E-state index in [0.717, 1.165) is 18.7 Å². The van der Waals surface area contributed by atoms with Crippen molar-refractivity contribution in [1.29, 1.82) is 0 Å². The summed E-state index contributed by atoms with van der Waals surface area (Å²) in [4.78, 5) is 2.63. The average Bonchev–Trinajstić information content (AvgIpc) is 2.93. The van der Waals surface area contributed by atoms with Crippen LogP contribution in [-0.2, 0) is 19.6 Å². The van der Waals surface area contributed by atoms with Crippen molar-refractivity contribution in [2.75, 3.05) is 0 Å². The zero-order valence-corrected chi connectivity index (χ0v) is 14.0. The number of thiophene rings is 1. The molecule has 1 aromatic carbocycles. The number of benzene rings is 1. The molecule has 1 heterocycles. The molecule has 3 heteroatoms. The van der Waals surface area contributed by atoms with Crippen molar-refractivity contribution < 1.29 is 4.74 Å². The van der Waals surface area contributed by atoms with Crippen molar-refractivity contribution in [2.24, 2.45) is 0 Å². The number of hydrogen-bond acceptors (Lipinski definition) is 3. The summed E-state index contributed by atoms with van der Waals surface area (Å²) < 4.78 is 5.85. The second-order valence-electron chi connectivity index (χ2n) is 5.59. The lowest BCUT2D eigenvalue weighted by atomic mass is 10.1. The summed E-state index contributed by atoms with van der Waals surface area (Å²) in [6.07, 6.45) is 2.32. The van der Waals surface area contributed by atoms with Crippen LogP contribution in [0.3, 0.4) is 0 Å². The Hall–Kier alpha value is -1.32.